The first-order chi connectivity index (χ1) is 12.2. The van der Waals surface area contributed by atoms with Crippen molar-refractivity contribution in [2.24, 2.45) is 0 Å². The van der Waals surface area contributed by atoms with Gasteiger partial charge in [-0.25, -0.2) is 13.1 Å². The summed E-state index contributed by atoms with van der Waals surface area (Å²) in [5, 5.41) is 13.3. The number of carbonyl (C=O) groups excluding carboxylic acids is 1. The van der Waals surface area contributed by atoms with Crippen LogP contribution in [-0.4, -0.2) is 25.3 Å². The molecule has 1 amide bonds. The van der Waals surface area contributed by atoms with Gasteiger partial charge in [-0.05, 0) is 43.7 Å². The molecule has 0 saturated carbocycles. The van der Waals surface area contributed by atoms with E-state index in [4.69, 9.17) is 0 Å². The third kappa shape index (κ3) is 4.87. The average Bonchev–Trinajstić information content (AvgIpc) is 2.61. The minimum atomic E-state index is -3.64. The number of nitro benzene ring substituents is 1. The number of hydrogen-bond acceptors (Lipinski definition) is 5. The largest absolute Gasteiger partial charge is 0.322 e. The first-order valence-electron chi connectivity index (χ1n) is 7.91. The van der Waals surface area contributed by atoms with Crippen LogP contribution in [0.1, 0.15) is 30.6 Å². The fourth-order valence-corrected chi connectivity index (χ4v) is 3.43. The third-order valence-electron chi connectivity index (χ3n) is 3.71. The lowest BCUT2D eigenvalue weighted by Crippen LogP contribution is -2.32. The molecule has 0 aliphatic heterocycles. The molecule has 26 heavy (non-hydrogen) atoms. The Labute approximate surface area is 151 Å². The normalized spacial score (nSPS) is 12.4. The van der Waals surface area contributed by atoms with Crippen molar-refractivity contribution in [2.75, 3.05) is 5.32 Å². The van der Waals surface area contributed by atoms with Crippen LogP contribution in [0.4, 0.5) is 11.4 Å². The summed E-state index contributed by atoms with van der Waals surface area (Å²) in [4.78, 5) is 22.5. The van der Waals surface area contributed by atoms with Gasteiger partial charge in [0, 0.05) is 29.4 Å². The van der Waals surface area contributed by atoms with Gasteiger partial charge < -0.3 is 5.32 Å². The van der Waals surface area contributed by atoms with Crippen LogP contribution in [0.2, 0.25) is 0 Å². The number of anilines is 1. The molecule has 2 rings (SSSR count). The highest BCUT2D eigenvalue weighted by molar-refractivity contribution is 7.89. The monoisotopic (exact) mass is 377 g/mol. The van der Waals surface area contributed by atoms with Crippen molar-refractivity contribution < 1.29 is 18.1 Å². The van der Waals surface area contributed by atoms with E-state index in [0.717, 1.165) is 0 Å². The number of amides is 1. The molecule has 0 fully saturated rings. The van der Waals surface area contributed by atoms with Crippen LogP contribution in [0.3, 0.4) is 0 Å². The second kappa shape index (κ2) is 8.07. The Bertz CT molecular complexity index is 910. The molecule has 2 N–H and O–H groups in total. The molecule has 0 aliphatic carbocycles. The second-order valence-electron chi connectivity index (χ2n) is 5.72. The molecule has 2 aromatic rings. The van der Waals surface area contributed by atoms with E-state index in [0.29, 0.717) is 6.42 Å². The third-order valence-corrected chi connectivity index (χ3v) is 5.32. The molecular weight excluding hydrogens is 358 g/mol. The van der Waals surface area contributed by atoms with E-state index in [1.807, 2.05) is 6.92 Å². The molecule has 2 aromatic carbocycles. The van der Waals surface area contributed by atoms with Crippen LogP contribution < -0.4 is 10.0 Å². The van der Waals surface area contributed by atoms with E-state index in [1.165, 1.54) is 48.5 Å². The molecule has 0 saturated heterocycles. The van der Waals surface area contributed by atoms with Gasteiger partial charge in [0.15, 0.2) is 0 Å². The van der Waals surface area contributed by atoms with Gasteiger partial charge >= 0.3 is 0 Å². The second-order valence-corrected chi connectivity index (χ2v) is 7.43. The van der Waals surface area contributed by atoms with Crippen LogP contribution in [0.25, 0.3) is 0 Å². The highest BCUT2D eigenvalue weighted by Gasteiger charge is 2.17. The highest BCUT2D eigenvalue weighted by atomic mass is 32.2. The van der Waals surface area contributed by atoms with E-state index in [2.05, 4.69) is 10.0 Å². The number of carbonyl (C=O) groups is 1. The summed E-state index contributed by atoms with van der Waals surface area (Å²) in [5.74, 6) is -0.496. The van der Waals surface area contributed by atoms with Crippen molar-refractivity contribution in [3.63, 3.8) is 0 Å². The van der Waals surface area contributed by atoms with Crippen molar-refractivity contribution in [1.29, 1.82) is 0 Å². The van der Waals surface area contributed by atoms with Crippen molar-refractivity contribution in [1.82, 2.24) is 4.72 Å². The number of sulfonamides is 1. The number of non-ortho nitro benzene ring substituents is 1. The zero-order valence-corrected chi connectivity index (χ0v) is 15.1. The van der Waals surface area contributed by atoms with Crippen molar-refractivity contribution in [3.8, 4) is 0 Å². The smallest absolute Gasteiger partial charge is 0.271 e. The van der Waals surface area contributed by atoms with Gasteiger partial charge in [0.05, 0.1) is 9.82 Å². The molecule has 9 heteroatoms. The summed E-state index contributed by atoms with van der Waals surface area (Å²) in [6.07, 6.45) is 0.656. The molecule has 138 valence electrons. The molecule has 0 spiro atoms. The Hall–Kier alpha value is -2.78. The summed E-state index contributed by atoms with van der Waals surface area (Å²) in [7, 11) is -3.64. The first-order valence-corrected chi connectivity index (χ1v) is 9.39. The number of benzene rings is 2. The van der Waals surface area contributed by atoms with Crippen molar-refractivity contribution in [3.05, 3.63) is 64.2 Å². The maximum absolute atomic E-state index is 12.2. The maximum atomic E-state index is 12.2. The molecule has 1 atom stereocenters. The highest BCUT2D eigenvalue weighted by Crippen LogP contribution is 2.18. The molecule has 0 aliphatic rings. The molecule has 1 unspecified atom stereocenters. The Balaban J connectivity index is 2.14. The lowest BCUT2D eigenvalue weighted by Gasteiger charge is -2.12. The summed E-state index contributed by atoms with van der Waals surface area (Å²) in [5.41, 5.74) is 0.374. The maximum Gasteiger partial charge on any atom is 0.271 e. The number of hydrogen-bond donors (Lipinski definition) is 2. The van der Waals surface area contributed by atoms with Gasteiger partial charge in [0.2, 0.25) is 10.0 Å². The average molecular weight is 377 g/mol. The minimum absolute atomic E-state index is 0.0599. The van der Waals surface area contributed by atoms with Crippen LogP contribution in [0.5, 0.6) is 0 Å². The standard InChI is InChI=1S/C17H19N3O5S/c1-3-12(2)19-26(24,25)16-9-7-13(8-10-16)17(21)18-14-5-4-6-15(11-14)20(22)23/h4-12,19H,3H2,1-2H3,(H,18,21). The van der Waals surface area contributed by atoms with E-state index >= 15 is 0 Å². The molecule has 0 heterocycles. The number of nitrogens with one attached hydrogen (secondary N) is 2. The zero-order valence-electron chi connectivity index (χ0n) is 14.3. The Morgan fingerprint density at radius 1 is 1.19 bits per heavy atom. The predicted molar refractivity (Wildman–Crippen MR) is 97.6 cm³/mol. The van der Waals surface area contributed by atoms with Crippen LogP contribution >= 0.6 is 0 Å². The lowest BCUT2D eigenvalue weighted by atomic mass is 10.2. The molecule has 0 radical (unpaired) electrons. The SMILES string of the molecule is CCC(C)NS(=O)(=O)c1ccc(C(=O)Nc2cccc([N+](=O)[O-])c2)cc1. The van der Waals surface area contributed by atoms with E-state index in [9.17, 15) is 23.3 Å². The van der Waals surface area contributed by atoms with Crippen molar-refractivity contribution in [2.45, 2.75) is 31.2 Å². The lowest BCUT2D eigenvalue weighted by molar-refractivity contribution is -0.384. The van der Waals surface area contributed by atoms with Gasteiger partial charge in [0.25, 0.3) is 11.6 Å². The van der Waals surface area contributed by atoms with Gasteiger partial charge in [-0.3, -0.25) is 14.9 Å². The van der Waals surface area contributed by atoms with Crippen LogP contribution in [-0.2, 0) is 10.0 Å². The van der Waals surface area contributed by atoms with Gasteiger partial charge in [-0.15, -0.1) is 0 Å². The summed E-state index contributed by atoms with van der Waals surface area (Å²) in [6.45, 7) is 3.63. The molecule has 8 nitrogen and oxygen atoms in total. The van der Waals surface area contributed by atoms with E-state index in [1.54, 1.807) is 6.92 Å². The Morgan fingerprint density at radius 2 is 1.85 bits per heavy atom. The quantitative estimate of drug-likeness (QED) is 0.568. The van der Waals surface area contributed by atoms with Crippen LogP contribution in [0, 0.1) is 10.1 Å². The van der Waals surface area contributed by atoms with Gasteiger partial charge in [-0.1, -0.05) is 13.0 Å². The van der Waals surface area contributed by atoms with E-state index < -0.39 is 20.9 Å². The topological polar surface area (TPSA) is 118 Å². The summed E-state index contributed by atoms with van der Waals surface area (Å²) in [6, 6.07) is 10.8. The van der Waals surface area contributed by atoms with E-state index in [-0.39, 0.29) is 27.9 Å². The summed E-state index contributed by atoms with van der Waals surface area (Å²) >= 11 is 0. The van der Waals surface area contributed by atoms with Gasteiger partial charge in [0.1, 0.15) is 0 Å². The fourth-order valence-electron chi connectivity index (χ4n) is 2.10. The number of rotatable bonds is 7. The van der Waals surface area contributed by atoms with Crippen LogP contribution in [0.15, 0.2) is 53.4 Å². The molecule has 0 bridgehead atoms. The Morgan fingerprint density at radius 3 is 2.42 bits per heavy atom. The summed E-state index contributed by atoms with van der Waals surface area (Å²) < 4.78 is 26.9. The van der Waals surface area contributed by atoms with Gasteiger partial charge in [-0.2, -0.15) is 0 Å². The van der Waals surface area contributed by atoms with Crippen molar-refractivity contribution >= 4 is 27.3 Å². The fraction of sp³-hybridized carbons (Fsp3) is 0.235. The Kier molecular flexibility index (Phi) is 6.06. The first kappa shape index (κ1) is 19.5. The predicted octanol–water partition coefficient (Wildman–Crippen LogP) is 2.92. The minimum Gasteiger partial charge on any atom is -0.322 e. The zero-order chi connectivity index (χ0) is 19.3. The molecular formula is C17H19N3O5S. The molecule has 0 aromatic heterocycles. The number of nitro groups is 1. The number of nitrogens with zero attached hydrogens (tertiary/aromatic N) is 1.